The van der Waals surface area contributed by atoms with E-state index in [1.807, 2.05) is 18.2 Å². The van der Waals surface area contributed by atoms with Gasteiger partial charge in [0.05, 0.1) is 0 Å². The van der Waals surface area contributed by atoms with Crippen molar-refractivity contribution >= 4 is 5.82 Å². The molecule has 82 valence electrons. The van der Waals surface area contributed by atoms with Crippen LogP contribution in [0.3, 0.4) is 0 Å². The van der Waals surface area contributed by atoms with Crippen molar-refractivity contribution in [1.82, 2.24) is 15.0 Å². The summed E-state index contributed by atoms with van der Waals surface area (Å²) in [4.78, 5) is 12.6. The van der Waals surface area contributed by atoms with Crippen LogP contribution in [0.25, 0.3) is 0 Å². The first-order chi connectivity index (χ1) is 7.78. The van der Waals surface area contributed by atoms with Gasteiger partial charge >= 0.3 is 0 Å². The van der Waals surface area contributed by atoms with Crippen LogP contribution in [0.15, 0.2) is 30.6 Å². The fraction of sp³-hybridized carbons (Fsp3) is 0.250. The van der Waals surface area contributed by atoms with E-state index in [-0.39, 0.29) is 0 Å². The van der Waals surface area contributed by atoms with Crippen LogP contribution in [0, 0.1) is 0 Å². The molecule has 0 aromatic carbocycles. The summed E-state index contributed by atoms with van der Waals surface area (Å²) in [5.41, 5.74) is 7.85. The van der Waals surface area contributed by atoms with Gasteiger partial charge in [-0.1, -0.05) is 6.92 Å². The van der Waals surface area contributed by atoms with Gasteiger partial charge in [-0.3, -0.25) is 4.98 Å². The standard InChI is InChI=1S/C12H14N4/c1-2-10-8-11(13)16-12(15-10)7-9-3-5-14-6-4-9/h3-6,8H,2,7H2,1H3,(H2,13,15,16). The van der Waals surface area contributed by atoms with E-state index in [1.165, 1.54) is 0 Å². The van der Waals surface area contributed by atoms with Gasteiger partial charge in [0.1, 0.15) is 11.6 Å². The summed E-state index contributed by atoms with van der Waals surface area (Å²) in [6.45, 7) is 2.05. The Hall–Kier alpha value is -1.97. The van der Waals surface area contributed by atoms with Crippen LogP contribution in [0.4, 0.5) is 5.82 Å². The van der Waals surface area contributed by atoms with Gasteiger partial charge in [-0.25, -0.2) is 9.97 Å². The molecule has 4 nitrogen and oxygen atoms in total. The SMILES string of the molecule is CCc1cc(N)nc(Cc2ccncc2)n1. The Labute approximate surface area is 94.6 Å². The minimum atomic E-state index is 0.538. The number of nitrogens with two attached hydrogens (primary N) is 1. The third kappa shape index (κ3) is 2.53. The number of rotatable bonds is 3. The van der Waals surface area contributed by atoms with E-state index in [2.05, 4.69) is 21.9 Å². The molecule has 0 aliphatic carbocycles. The van der Waals surface area contributed by atoms with Crippen molar-refractivity contribution in [3.63, 3.8) is 0 Å². The maximum atomic E-state index is 5.73. The van der Waals surface area contributed by atoms with E-state index >= 15 is 0 Å². The monoisotopic (exact) mass is 214 g/mol. The summed E-state index contributed by atoms with van der Waals surface area (Å²) in [5.74, 6) is 1.30. The van der Waals surface area contributed by atoms with Crippen molar-refractivity contribution in [2.24, 2.45) is 0 Å². The zero-order valence-electron chi connectivity index (χ0n) is 9.22. The molecule has 0 saturated heterocycles. The molecule has 2 aromatic heterocycles. The minimum Gasteiger partial charge on any atom is -0.384 e. The van der Waals surface area contributed by atoms with Gasteiger partial charge in [-0.05, 0) is 24.1 Å². The predicted molar refractivity (Wildman–Crippen MR) is 62.9 cm³/mol. The van der Waals surface area contributed by atoms with E-state index in [0.29, 0.717) is 12.2 Å². The number of nitrogen functional groups attached to an aromatic ring is 1. The number of aryl methyl sites for hydroxylation is 1. The molecular formula is C12H14N4. The molecule has 0 unspecified atom stereocenters. The summed E-state index contributed by atoms with van der Waals surface area (Å²) < 4.78 is 0. The van der Waals surface area contributed by atoms with Gasteiger partial charge in [0.15, 0.2) is 0 Å². The third-order valence-electron chi connectivity index (χ3n) is 2.32. The second-order valence-electron chi connectivity index (χ2n) is 3.59. The second kappa shape index (κ2) is 4.70. The molecule has 2 rings (SSSR count). The van der Waals surface area contributed by atoms with Crippen molar-refractivity contribution in [1.29, 1.82) is 0 Å². The predicted octanol–water partition coefficient (Wildman–Crippen LogP) is 1.61. The number of hydrogen-bond donors (Lipinski definition) is 1. The quantitative estimate of drug-likeness (QED) is 0.843. The molecule has 0 bridgehead atoms. The van der Waals surface area contributed by atoms with Crippen LogP contribution in [0.2, 0.25) is 0 Å². The molecule has 0 radical (unpaired) electrons. The highest BCUT2D eigenvalue weighted by molar-refractivity contribution is 5.31. The van der Waals surface area contributed by atoms with Gasteiger partial charge < -0.3 is 5.73 Å². The molecule has 2 aromatic rings. The van der Waals surface area contributed by atoms with Crippen molar-refractivity contribution in [2.45, 2.75) is 19.8 Å². The normalized spacial score (nSPS) is 10.3. The number of anilines is 1. The summed E-state index contributed by atoms with van der Waals surface area (Å²) in [6, 6.07) is 5.73. The Kier molecular flexibility index (Phi) is 3.10. The van der Waals surface area contributed by atoms with E-state index in [0.717, 1.165) is 23.5 Å². The number of nitrogens with zero attached hydrogens (tertiary/aromatic N) is 3. The van der Waals surface area contributed by atoms with E-state index in [4.69, 9.17) is 5.73 Å². The van der Waals surface area contributed by atoms with Gasteiger partial charge in [0, 0.05) is 30.6 Å². The maximum Gasteiger partial charge on any atom is 0.135 e. The van der Waals surface area contributed by atoms with E-state index in [9.17, 15) is 0 Å². The largest absolute Gasteiger partial charge is 0.384 e. The molecule has 16 heavy (non-hydrogen) atoms. The molecular weight excluding hydrogens is 200 g/mol. The number of pyridine rings is 1. The first-order valence-corrected chi connectivity index (χ1v) is 5.29. The molecule has 4 heteroatoms. The lowest BCUT2D eigenvalue weighted by molar-refractivity contribution is 0.910. The Balaban J connectivity index is 2.24. The van der Waals surface area contributed by atoms with Crippen LogP contribution < -0.4 is 5.73 Å². The minimum absolute atomic E-state index is 0.538. The lowest BCUT2D eigenvalue weighted by Crippen LogP contribution is -2.03. The van der Waals surface area contributed by atoms with E-state index in [1.54, 1.807) is 12.4 Å². The van der Waals surface area contributed by atoms with Crippen LogP contribution >= 0.6 is 0 Å². The Morgan fingerprint density at radius 2 is 1.94 bits per heavy atom. The van der Waals surface area contributed by atoms with Gasteiger partial charge in [0.2, 0.25) is 0 Å². The first kappa shape index (κ1) is 10.5. The van der Waals surface area contributed by atoms with Gasteiger partial charge in [-0.2, -0.15) is 0 Å². The average Bonchev–Trinajstić information content (AvgIpc) is 2.29. The molecule has 0 aliphatic rings. The van der Waals surface area contributed by atoms with Gasteiger partial charge in [0.25, 0.3) is 0 Å². The molecule has 2 heterocycles. The van der Waals surface area contributed by atoms with Crippen LogP contribution in [0.1, 0.15) is 24.0 Å². The average molecular weight is 214 g/mol. The molecule has 2 N–H and O–H groups in total. The summed E-state index contributed by atoms with van der Waals surface area (Å²) >= 11 is 0. The Morgan fingerprint density at radius 3 is 2.62 bits per heavy atom. The van der Waals surface area contributed by atoms with Crippen molar-refractivity contribution in [3.8, 4) is 0 Å². The highest BCUT2D eigenvalue weighted by Gasteiger charge is 2.02. The summed E-state index contributed by atoms with van der Waals surface area (Å²) in [5, 5.41) is 0. The van der Waals surface area contributed by atoms with Gasteiger partial charge in [-0.15, -0.1) is 0 Å². The number of hydrogen-bond acceptors (Lipinski definition) is 4. The molecule has 0 fully saturated rings. The summed E-state index contributed by atoms with van der Waals surface area (Å²) in [7, 11) is 0. The van der Waals surface area contributed by atoms with Crippen molar-refractivity contribution in [3.05, 3.63) is 47.7 Å². The second-order valence-corrected chi connectivity index (χ2v) is 3.59. The zero-order valence-corrected chi connectivity index (χ0v) is 9.22. The highest BCUT2D eigenvalue weighted by atomic mass is 14.9. The van der Waals surface area contributed by atoms with Crippen LogP contribution in [0.5, 0.6) is 0 Å². The molecule has 0 saturated carbocycles. The zero-order chi connectivity index (χ0) is 11.4. The summed E-state index contributed by atoms with van der Waals surface area (Å²) in [6.07, 6.45) is 5.10. The molecule has 0 spiro atoms. The Morgan fingerprint density at radius 1 is 1.19 bits per heavy atom. The van der Waals surface area contributed by atoms with E-state index < -0.39 is 0 Å². The fourth-order valence-electron chi connectivity index (χ4n) is 1.52. The van der Waals surface area contributed by atoms with Crippen LogP contribution in [-0.4, -0.2) is 15.0 Å². The third-order valence-corrected chi connectivity index (χ3v) is 2.32. The van der Waals surface area contributed by atoms with Crippen molar-refractivity contribution in [2.75, 3.05) is 5.73 Å². The molecule has 0 aliphatic heterocycles. The fourth-order valence-corrected chi connectivity index (χ4v) is 1.52. The molecule has 0 amide bonds. The smallest absolute Gasteiger partial charge is 0.135 e. The highest BCUT2D eigenvalue weighted by Crippen LogP contribution is 2.08. The maximum absolute atomic E-state index is 5.73. The Bertz CT molecular complexity index is 468. The van der Waals surface area contributed by atoms with Crippen molar-refractivity contribution < 1.29 is 0 Å². The molecule has 0 atom stereocenters. The first-order valence-electron chi connectivity index (χ1n) is 5.29. The number of aromatic nitrogens is 3. The lowest BCUT2D eigenvalue weighted by Gasteiger charge is -2.04. The van der Waals surface area contributed by atoms with Crippen LogP contribution in [-0.2, 0) is 12.8 Å². The topological polar surface area (TPSA) is 64.7 Å². The lowest BCUT2D eigenvalue weighted by atomic mass is 10.2.